The van der Waals surface area contributed by atoms with E-state index in [-0.39, 0.29) is 10.6 Å². The first kappa shape index (κ1) is 14.8. The first-order chi connectivity index (χ1) is 9.66. The molecule has 1 saturated heterocycles. The number of nitrogens with zero attached hydrogens (tertiary/aromatic N) is 2. The molecule has 0 aromatic heterocycles. The Balaban J connectivity index is 1.84. The van der Waals surface area contributed by atoms with Crippen LogP contribution in [0.1, 0.15) is 31.2 Å². The van der Waals surface area contributed by atoms with Gasteiger partial charge in [0.1, 0.15) is 0 Å². The van der Waals surface area contributed by atoms with Crippen molar-refractivity contribution in [2.24, 2.45) is 0 Å². The van der Waals surface area contributed by atoms with Crippen LogP contribution in [0.25, 0.3) is 0 Å². The van der Waals surface area contributed by atoms with E-state index in [9.17, 15) is 10.1 Å². The topological polar surface area (TPSA) is 58.4 Å². The van der Waals surface area contributed by atoms with Gasteiger partial charge in [0, 0.05) is 30.4 Å². The van der Waals surface area contributed by atoms with Gasteiger partial charge in [-0.15, -0.1) is 0 Å². The van der Waals surface area contributed by atoms with E-state index >= 15 is 0 Å². The molecule has 110 valence electrons. The fourth-order valence-electron chi connectivity index (χ4n) is 2.63. The van der Waals surface area contributed by atoms with Crippen LogP contribution < -0.4 is 5.32 Å². The maximum Gasteiger partial charge on any atom is 0.274 e. The molecule has 0 bridgehead atoms. The Bertz CT molecular complexity index is 454. The van der Waals surface area contributed by atoms with E-state index in [1.54, 1.807) is 19.1 Å². The van der Waals surface area contributed by atoms with Crippen molar-refractivity contribution < 1.29 is 4.92 Å². The second-order valence-corrected chi connectivity index (χ2v) is 5.44. The number of anilines is 1. The van der Waals surface area contributed by atoms with E-state index in [0.717, 1.165) is 18.8 Å². The van der Waals surface area contributed by atoms with Gasteiger partial charge in [-0.2, -0.15) is 0 Å². The summed E-state index contributed by atoms with van der Waals surface area (Å²) in [4.78, 5) is 13.1. The summed E-state index contributed by atoms with van der Waals surface area (Å²) in [5.74, 6) is 0. The molecule has 0 saturated carbocycles. The van der Waals surface area contributed by atoms with Crippen LogP contribution in [0.15, 0.2) is 18.2 Å². The van der Waals surface area contributed by atoms with Gasteiger partial charge in [-0.05, 0) is 38.9 Å². The van der Waals surface area contributed by atoms with Crippen LogP contribution >= 0.6 is 0 Å². The molecule has 1 aliphatic heterocycles. The van der Waals surface area contributed by atoms with Gasteiger partial charge in [-0.3, -0.25) is 10.1 Å². The van der Waals surface area contributed by atoms with Crippen molar-refractivity contribution in [3.05, 3.63) is 33.9 Å². The van der Waals surface area contributed by atoms with Crippen LogP contribution in [0.2, 0.25) is 0 Å². The molecule has 1 aliphatic rings. The van der Waals surface area contributed by atoms with E-state index < -0.39 is 0 Å². The molecule has 1 aromatic rings. The number of nitro groups is 1. The smallest absolute Gasteiger partial charge is 0.274 e. The molecular formula is C15H23N3O2. The van der Waals surface area contributed by atoms with Gasteiger partial charge in [0.25, 0.3) is 5.69 Å². The van der Waals surface area contributed by atoms with Crippen molar-refractivity contribution in [3.63, 3.8) is 0 Å². The Hall–Kier alpha value is -1.62. The van der Waals surface area contributed by atoms with Crippen LogP contribution in [0.5, 0.6) is 0 Å². The fraction of sp³-hybridized carbons (Fsp3) is 0.600. The average Bonchev–Trinajstić information content (AvgIpc) is 2.69. The van der Waals surface area contributed by atoms with Gasteiger partial charge in [0.15, 0.2) is 0 Å². The number of hydrogen-bond donors (Lipinski definition) is 1. The lowest BCUT2D eigenvalue weighted by molar-refractivity contribution is -0.385. The Labute approximate surface area is 120 Å². The lowest BCUT2D eigenvalue weighted by atomic mass is 10.2. The third-order valence-electron chi connectivity index (χ3n) is 3.86. The minimum Gasteiger partial charge on any atom is -0.384 e. The van der Waals surface area contributed by atoms with Gasteiger partial charge < -0.3 is 10.2 Å². The van der Waals surface area contributed by atoms with Crippen molar-refractivity contribution in [3.8, 4) is 0 Å². The van der Waals surface area contributed by atoms with Crippen molar-refractivity contribution >= 4 is 11.4 Å². The largest absolute Gasteiger partial charge is 0.384 e. The number of nitrogens with one attached hydrogen (secondary N) is 1. The molecule has 0 radical (unpaired) electrons. The fourth-order valence-corrected chi connectivity index (χ4v) is 2.63. The van der Waals surface area contributed by atoms with Crippen LogP contribution in [0.4, 0.5) is 11.4 Å². The summed E-state index contributed by atoms with van der Waals surface area (Å²) in [6, 6.07) is 5.33. The van der Waals surface area contributed by atoms with Crippen LogP contribution in [0, 0.1) is 17.0 Å². The van der Waals surface area contributed by atoms with E-state index in [1.165, 1.54) is 38.8 Å². The van der Waals surface area contributed by atoms with E-state index in [0.29, 0.717) is 5.56 Å². The summed E-state index contributed by atoms with van der Waals surface area (Å²) < 4.78 is 0. The maximum atomic E-state index is 10.9. The zero-order chi connectivity index (χ0) is 14.4. The second kappa shape index (κ2) is 7.24. The van der Waals surface area contributed by atoms with Gasteiger partial charge >= 0.3 is 0 Å². The Morgan fingerprint density at radius 1 is 1.25 bits per heavy atom. The van der Waals surface area contributed by atoms with E-state index in [1.807, 2.05) is 6.07 Å². The number of rotatable bonds is 5. The number of aryl methyl sites for hydroxylation is 1. The molecule has 0 unspecified atom stereocenters. The molecule has 20 heavy (non-hydrogen) atoms. The van der Waals surface area contributed by atoms with Crippen LogP contribution in [-0.2, 0) is 0 Å². The first-order valence-electron chi connectivity index (χ1n) is 7.38. The number of benzene rings is 1. The predicted molar refractivity (Wildman–Crippen MR) is 81.2 cm³/mol. The molecule has 0 aliphatic carbocycles. The SMILES string of the molecule is Cc1ccc(NCCN2CCCCCC2)cc1[N+](=O)[O-]. The molecule has 0 amide bonds. The summed E-state index contributed by atoms with van der Waals surface area (Å²) in [6.07, 6.45) is 5.26. The lowest BCUT2D eigenvalue weighted by Gasteiger charge is -2.20. The zero-order valence-electron chi connectivity index (χ0n) is 12.1. The van der Waals surface area contributed by atoms with Gasteiger partial charge in [-0.25, -0.2) is 0 Å². The van der Waals surface area contributed by atoms with Gasteiger partial charge in [0.2, 0.25) is 0 Å². The van der Waals surface area contributed by atoms with Crippen molar-refractivity contribution in [2.45, 2.75) is 32.6 Å². The second-order valence-electron chi connectivity index (χ2n) is 5.44. The quantitative estimate of drug-likeness (QED) is 0.663. The highest BCUT2D eigenvalue weighted by Gasteiger charge is 2.11. The number of hydrogen-bond acceptors (Lipinski definition) is 4. The molecule has 5 heteroatoms. The summed E-state index contributed by atoms with van der Waals surface area (Å²) in [6.45, 7) is 5.95. The molecule has 0 spiro atoms. The van der Waals surface area contributed by atoms with Crippen molar-refractivity contribution in [1.82, 2.24) is 4.90 Å². The molecule has 1 fully saturated rings. The average molecular weight is 277 g/mol. The lowest BCUT2D eigenvalue weighted by Crippen LogP contribution is -2.29. The highest BCUT2D eigenvalue weighted by atomic mass is 16.6. The third-order valence-corrected chi connectivity index (χ3v) is 3.86. The van der Waals surface area contributed by atoms with Gasteiger partial charge in [-0.1, -0.05) is 18.9 Å². The van der Waals surface area contributed by atoms with Crippen molar-refractivity contribution in [1.29, 1.82) is 0 Å². The van der Waals surface area contributed by atoms with Crippen LogP contribution in [-0.4, -0.2) is 36.0 Å². The molecular weight excluding hydrogens is 254 g/mol. The summed E-state index contributed by atoms with van der Waals surface area (Å²) in [5, 5.41) is 14.2. The molecule has 1 heterocycles. The molecule has 2 rings (SSSR count). The van der Waals surface area contributed by atoms with E-state index in [2.05, 4.69) is 10.2 Å². The predicted octanol–water partition coefficient (Wildman–Crippen LogP) is 3.19. The number of likely N-dealkylation sites (tertiary alicyclic amines) is 1. The Morgan fingerprint density at radius 3 is 2.60 bits per heavy atom. The third kappa shape index (κ3) is 4.20. The summed E-state index contributed by atoms with van der Waals surface area (Å²) in [5.41, 5.74) is 1.72. The van der Waals surface area contributed by atoms with Crippen LogP contribution in [0.3, 0.4) is 0 Å². The minimum atomic E-state index is -0.324. The van der Waals surface area contributed by atoms with Crippen molar-refractivity contribution in [2.75, 3.05) is 31.5 Å². The highest BCUT2D eigenvalue weighted by molar-refractivity contribution is 5.54. The first-order valence-corrected chi connectivity index (χ1v) is 7.38. The standard InChI is InChI=1S/C15H23N3O2/c1-13-6-7-14(12-15(13)18(19)20)16-8-11-17-9-4-2-3-5-10-17/h6-7,12,16H,2-5,8-11H2,1H3. The molecule has 5 nitrogen and oxygen atoms in total. The molecule has 1 N–H and O–H groups in total. The van der Waals surface area contributed by atoms with Gasteiger partial charge in [0.05, 0.1) is 4.92 Å². The number of nitro benzene ring substituents is 1. The minimum absolute atomic E-state index is 0.185. The summed E-state index contributed by atoms with van der Waals surface area (Å²) >= 11 is 0. The zero-order valence-corrected chi connectivity index (χ0v) is 12.1. The normalized spacial score (nSPS) is 16.6. The highest BCUT2D eigenvalue weighted by Crippen LogP contribution is 2.22. The molecule has 1 aromatic carbocycles. The monoisotopic (exact) mass is 277 g/mol. The Morgan fingerprint density at radius 2 is 1.95 bits per heavy atom. The van der Waals surface area contributed by atoms with E-state index in [4.69, 9.17) is 0 Å². The summed E-state index contributed by atoms with van der Waals surface area (Å²) in [7, 11) is 0. The maximum absolute atomic E-state index is 10.9. The Kier molecular flexibility index (Phi) is 5.35. The molecule has 0 atom stereocenters.